The van der Waals surface area contributed by atoms with Crippen LogP contribution in [0.1, 0.15) is 16.7 Å². The highest BCUT2D eigenvalue weighted by Gasteiger charge is 2.21. The van der Waals surface area contributed by atoms with Gasteiger partial charge in [0.25, 0.3) is 0 Å². The maximum Gasteiger partial charge on any atom is 0.0583 e. The Balaban J connectivity index is 0.00000169. The Morgan fingerprint density at radius 2 is 1.96 bits per heavy atom. The summed E-state index contributed by atoms with van der Waals surface area (Å²) in [6.45, 7) is 8.68. The minimum absolute atomic E-state index is 0. The molecule has 2 aliphatic rings. The average Bonchev–Trinajstić information content (AvgIpc) is 3.06. The first-order chi connectivity index (χ1) is 11.3. The van der Waals surface area contributed by atoms with E-state index in [0.717, 1.165) is 45.7 Å². The molecule has 1 fully saturated rings. The van der Waals surface area contributed by atoms with Gasteiger partial charge in [-0.3, -0.25) is 9.88 Å². The first kappa shape index (κ1) is 17.1. The number of para-hydroxylation sites is 1. The number of hydrogen-bond donors (Lipinski definition) is 1. The zero-order chi connectivity index (χ0) is 15.6. The first-order valence-electron chi connectivity index (χ1n) is 8.54. The van der Waals surface area contributed by atoms with Gasteiger partial charge >= 0.3 is 0 Å². The van der Waals surface area contributed by atoms with Gasteiger partial charge in [0.1, 0.15) is 0 Å². The van der Waals surface area contributed by atoms with Crippen LogP contribution < -0.4 is 10.2 Å². The molecule has 3 heterocycles. The third-order valence-corrected chi connectivity index (χ3v) is 5.05. The number of benzene rings is 1. The van der Waals surface area contributed by atoms with Crippen molar-refractivity contribution in [2.75, 3.05) is 42.9 Å². The molecule has 0 amide bonds. The van der Waals surface area contributed by atoms with Gasteiger partial charge in [0.05, 0.1) is 11.9 Å². The third-order valence-electron chi connectivity index (χ3n) is 5.05. The average molecular weight is 345 g/mol. The molecule has 0 radical (unpaired) electrons. The van der Waals surface area contributed by atoms with Gasteiger partial charge in [-0.25, -0.2) is 0 Å². The summed E-state index contributed by atoms with van der Waals surface area (Å²) < 4.78 is 0. The molecule has 24 heavy (non-hydrogen) atoms. The summed E-state index contributed by atoms with van der Waals surface area (Å²) >= 11 is 0. The van der Waals surface area contributed by atoms with E-state index in [4.69, 9.17) is 0 Å². The van der Waals surface area contributed by atoms with E-state index in [1.54, 1.807) is 0 Å². The van der Waals surface area contributed by atoms with Crippen LogP contribution in [0.25, 0.3) is 0 Å². The van der Waals surface area contributed by atoms with Crippen molar-refractivity contribution in [3.8, 4) is 0 Å². The number of nitrogens with zero attached hydrogens (tertiary/aromatic N) is 3. The van der Waals surface area contributed by atoms with E-state index in [1.807, 2.05) is 12.4 Å². The van der Waals surface area contributed by atoms with Crippen LogP contribution >= 0.6 is 12.4 Å². The van der Waals surface area contributed by atoms with Crippen molar-refractivity contribution in [1.29, 1.82) is 0 Å². The Bertz CT molecular complexity index is 696. The molecule has 0 aliphatic carbocycles. The number of halogens is 1. The SMILES string of the molecule is Cc1ccncc1N1CCN(Cc2cccc3c2NCC3)CC1.Cl. The second-order valence-electron chi connectivity index (χ2n) is 6.55. The van der Waals surface area contributed by atoms with Crippen molar-refractivity contribution in [2.45, 2.75) is 19.9 Å². The molecule has 1 saturated heterocycles. The van der Waals surface area contributed by atoms with Crippen LogP contribution in [0.15, 0.2) is 36.7 Å². The van der Waals surface area contributed by atoms with E-state index < -0.39 is 0 Å². The molecule has 1 N–H and O–H groups in total. The number of hydrogen-bond acceptors (Lipinski definition) is 4. The Morgan fingerprint density at radius 1 is 1.12 bits per heavy atom. The van der Waals surface area contributed by atoms with Crippen molar-refractivity contribution in [3.63, 3.8) is 0 Å². The molecule has 1 aromatic heterocycles. The molecule has 0 saturated carbocycles. The van der Waals surface area contributed by atoms with Crippen molar-refractivity contribution in [2.24, 2.45) is 0 Å². The summed E-state index contributed by atoms with van der Waals surface area (Å²) in [6.07, 6.45) is 5.04. The van der Waals surface area contributed by atoms with E-state index in [0.29, 0.717) is 0 Å². The second-order valence-corrected chi connectivity index (χ2v) is 6.55. The standard InChI is InChI=1S/C19H24N4.ClH/c1-15-5-7-20-13-18(15)23-11-9-22(10-12-23)14-17-4-2-3-16-6-8-21-19(16)17;/h2-5,7,13,21H,6,8-12,14H2,1H3;1H. The van der Waals surface area contributed by atoms with Gasteiger partial charge in [-0.1, -0.05) is 18.2 Å². The number of pyridine rings is 1. The van der Waals surface area contributed by atoms with E-state index >= 15 is 0 Å². The van der Waals surface area contributed by atoms with Gasteiger partial charge in [0, 0.05) is 51.2 Å². The van der Waals surface area contributed by atoms with Gasteiger partial charge in [0.15, 0.2) is 0 Å². The number of rotatable bonds is 3. The zero-order valence-corrected chi connectivity index (χ0v) is 15.0. The van der Waals surface area contributed by atoms with Crippen LogP contribution in [-0.4, -0.2) is 42.6 Å². The van der Waals surface area contributed by atoms with Gasteiger partial charge < -0.3 is 10.2 Å². The number of nitrogens with one attached hydrogen (secondary N) is 1. The highest BCUT2D eigenvalue weighted by molar-refractivity contribution is 5.85. The maximum atomic E-state index is 4.28. The quantitative estimate of drug-likeness (QED) is 0.927. The van der Waals surface area contributed by atoms with Gasteiger partial charge in [-0.15, -0.1) is 12.4 Å². The Labute approximate surface area is 150 Å². The topological polar surface area (TPSA) is 31.4 Å². The predicted octanol–water partition coefficient (Wildman–Crippen LogP) is 3.10. The Kier molecular flexibility index (Phi) is 5.27. The van der Waals surface area contributed by atoms with Gasteiger partial charge in [-0.2, -0.15) is 0 Å². The van der Waals surface area contributed by atoms with Gasteiger partial charge in [-0.05, 0) is 36.1 Å². The Hall–Kier alpha value is -1.78. The minimum Gasteiger partial charge on any atom is -0.384 e. The molecule has 128 valence electrons. The normalized spacial score (nSPS) is 17.1. The summed E-state index contributed by atoms with van der Waals surface area (Å²) in [6, 6.07) is 8.83. The van der Waals surface area contributed by atoms with E-state index in [1.165, 1.54) is 28.1 Å². The molecule has 4 rings (SSSR count). The molecular formula is C19H25ClN4. The lowest BCUT2D eigenvalue weighted by molar-refractivity contribution is 0.250. The number of fused-ring (bicyclic) bond motifs is 1. The third kappa shape index (κ3) is 3.35. The van der Waals surface area contributed by atoms with Gasteiger partial charge in [0.2, 0.25) is 0 Å². The summed E-state index contributed by atoms with van der Waals surface area (Å²) in [5, 5.41) is 3.56. The summed E-state index contributed by atoms with van der Waals surface area (Å²) in [7, 11) is 0. The fraction of sp³-hybridized carbons (Fsp3) is 0.421. The molecule has 0 bridgehead atoms. The van der Waals surface area contributed by atoms with Crippen molar-refractivity contribution >= 4 is 23.8 Å². The largest absolute Gasteiger partial charge is 0.384 e. The first-order valence-corrected chi connectivity index (χ1v) is 8.54. The van der Waals surface area contributed by atoms with E-state index in [-0.39, 0.29) is 12.4 Å². The molecule has 2 aromatic rings. The lowest BCUT2D eigenvalue weighted by Crippen LogP contribution is -2.46. The second kappa shape index (κ2) is 7.41. The van der Waals surface area contributed by atoms with E-state index in [2.05, 4.69) is 51.3 Å². The van der Waals surface area contributed by atoms with E-state index in [9.17, 15) is 0 Å². The number of anilines is 2. The summed E-state index contributed by atoms with van der Waals surface area (Å²) in [5.41, 5.74) is 6.92. The predicted molar refractivity (Wildman–Crippen MR) is 102 cm³/mol. The summed E-state index contributed by atoms with van der Waals surface area (Å²) in [4.78, 5) is 9.32. The lowest BCUT2D eigenvalue weighted by atomic mass is 10.1. The van der Waals surface area contributed by atoms with Crippen LogP contribution in [0, 0.1) is 6.92 Å². The van der Waals surface area contributed by atoms with Crippen molar-refractivity contribution in [3.05, 3.63) is 53.3 Å². The fourth-order valence-electron chi connectivity index (χ4n) is 3.72. The molecular weight excluding hydrogens is 320 g/mol. The van der Waals surface area contributed by atoms with Crippen LogP contribution in [-0.2, 0) is 13.0 Å². The Morgan fingerprint density at radius 3 is 2.75 bits per heavy atom. The highest BCUT2D eigenvalue weighted by Crippen LogP contribution is 2.28. The number of aromatic nitrogens is 1. The number of piperazine rings is 1. The molecule has 0 unspecified atom stereocenters. The van der Waals surface area contributed by atoms with Crippen LogP contribution in [0.3, 0.4) is 0 Å². The molecule has 5 heteroatoms. The van der Waals surface area contributed by atoms with Crippen LogP contribution in [0.4, 0.5) is 11.4 Å². The van der Waals surface area contributed by atoms with Crippen molar-refractivity contribution in [1.82, 2.24) is 9.88 Å². The van der Waals surface area contributed by atoms with Crippen LogP contribution in [0.5, 0.6) is 0 Å². The molecule has 0 spiro atoms. The minimum atomic E-state index is 0. The summed E-state index contributed by atoms with van der Waals surface area (Å²) in [5.74, 6) is 0. The monoisotopic (exact) mass is 344 g/mol. The number of aryl methyl sites for hydroxylation is 1. The maximum absolute atomic E-state index is 4.28. The highest BCUT2D eigenvalue weighted by atomic mass is 35.5. The molecule has 2 aliphatic heterocycles. The fourth-order valence-corrected chi connectivity index (χ4v) is 3.72. The molecule has 4 nitrogen and oxygen atoms in total. The lowest BCUT2D eigenvalue weighted by Gasteiger charge is -2.36. The zero-order valence-electron chi connectivity index (χ0n) is 14.2. The molecule has 0 atom stereocenters. The molecule has 1 aromatic carbocycles. The smallest absolute Gasteiger partial charge is 0.0583 e. The van der Waals surface area contributed by atoms with Crippen molar-refractivity contribution < 1.29 is 0 Å². The van der Waals surface area contributed by atoms with Crippen LogP contribution in [0.2, 0.25) is 0 Å².